The smallest absolute Gasteiger partial charge is 0.211 e. The average molecular weight is 235 g/mol. The fourth-order valence-electron chi connectivity index (χ4n) is 1.87. The molecule has 2 N–H and O–H groups in total. The summed E-state index contributed by atoms with van der Waals surface area (Å²) < 4.78 is 26.8. The maximum absolute atomic E-state index is 10.7. The molecule has 0 bridgehead atoms. The zero-order valence-corrected chi connectivity index (χ0v) is 10.3. The maximum atomic E-state index is 10.7. The third kappa shape index (κ3) is 5.49. The molecule has 0 spiro atoms. The van der Waals surface area contributed by atoms with E-state index in [1.54, 1.807) is 0 Å². The first-order valence-corrected chi connectivity index (χ1v) is 7.12. The van der Waals surface area contributed by atoms with Crippen LogP contribution in [0.4, 0.5) is 0 Å². The fourth-order valence-corrected chi connectivity index (χ4v) is 2.20. The second kappa shape index (κ2) is 4.80. The van der Waals surface area contributed by atoms with Gasteiger partial charge >= 0.3 is 0 Å². The van der Waals surface area contributed by atoms with Crippen molar-refractivity contribution in [1.82, 2.24) is 0 Å². The molecule has 0 aromatic carbocycles. The van der Waals surface area contributed by atoms with Crippen molar-refractivity contribution < 1.29 is 13.2 Å². The van der Waals surface area contributed by atoms with Gasteiger partial charge in [0.15, 0.2) is 0 Å². The lowest BCUT2D eigenvalue weighted by Gasteiger charge is -2.34. The van der Waals surface area contributed by atoms with Gasteiger partial charge in [-0.25, -0.2) is 13.6 Å². The first-order valence-electron chi connectivity index (χ1n) is 5.41. The van der Waals surface area contributed by atoms with Crippen molar-refractivity contribution in [2.45, 2.75) is 45.6 Å². The van der Waals surface area contributed by atoms with Crippen molar-refractivity contribution in [1.29, 1.82) is 0 Å². The molecule has 1 aliphatic rings. The molecule has 0 aromatic rings. The summed E-state index contributed by atoms with van der Waals surface area (Å²) in [4.78, 5) is 0. The summed E-state index contributed by atoms with van der Waals surface area (Å²) in [6.45, 7) is 4.74. The molecule has 5 heteroatoms. The SMILES string of the molecule is CC1(C)CCC(OCCS(N)(=O)=O)CC1. The van der Waals surface area contributed by atoms with Crippen LogP contribution in [0.25, 0.3) is 0 Å². The molecule has 4 nitrogen and oxygen atoms in total. The van der Waals surface area contributed by atoms with E-state index in [0.29, 0.717) is 5.41 Å². The molecule has 0 atom stereocenters. The number of nitrogens with two attached hydrogens (primary N) is 1. The van der Waals surface area contributed by atoms with E-state index in [2.05, 4.69) is 13.8 Å². The molecule has 90 valence electrons. The topological polar surface area (TPSA) is 69.4 Å². The summed E-state index contributed by atoms with van der Waals surface area (Å²) in [6, 6.07) is 0. The number of hydrogen-bond acceptors (Lipinski definition) is 3. The molecule has 0 heterocycles. The van der Waals surface area contributed by atoms with Gasteiger partial charge in [-0.2, -0.15) is 0 Å². The van der Waals surface area contributed by atoms with E-state index in [-0.39, 0.29) is 18.5 Å². The van der Waals surface area contributed by atoms with E-state index in [4.69, 9.17) is 9.88 Å². The largest absolute Gasteiger partial charge is 0.377 e. The van der Waals surface area contributed by atoms with Crippen LogP contribution in [0.2, 0.25) is 0 Å². The molecule has 1 rings (SSSR count). The fraction of sp³-hybridized carbons (Fsp3) is 1.00. The van der Waals surface area contributed by atoms with Crippen molar-refractivity contribution >= 4 is 10.0 Å². The Labute approximate surface area is 92.2 Å². The van der Waals surface area contributed by atoms with Gasteiger partial charge in [-0.05, 0) is 31.1 Å². The van der Waals surface area contributed by atoms with Crippen LogP contribution in [0, 0.1) is 5.41 Å². The molecule has 1 fully saturated rings. The molecule has 0 aromatic heterocycles. The van der Waals surface area contributed by atoms with E-state index in [1.807, 2.05) is 0 Å². The van der Waals surface area contributed by atoms with E-state index < -0.39 is 10.0 Å². The molecule has 0 saturated heterocycles. The zero-order chi connectivity index (χ0) is 11.5. The number of ether oxygens (including phenoxy) is 1. The Morgan fingerprint density at radius 2 is 1.87 bits per heavy atom. The number of primary sulfonamides is 1. The van der Waals surface area contributed by atoms with Crippen LogP contribution in [0.3, 0.4) is 0 Å². The van der Waals surface area contributed by atoms with Crippen LogP contribution < -0.4 is 5.14 Å². The second-order valence-corrected chi connectivity index (χ2v) is 6.84. The second-order valence-electron chi connectivity index (χ2n) is 5.10. The Kier molecular flexibility index (Phi) is 4.14. The van der Waals surface area contributed by atoms with Crippen LogP contribution >= 0.6 is 0 Å². The molecule has 1 saturated carbocycles. The Morgan fingerprint density at radius 1 is 1.33 bits per heavy atom. The van der Waals surface area contributed by atoms with E-state index >= 15 is 0 Å². The summed E-state index contributed by atoms with van der Waals surface area (Å²) in [7, 11) is -3.37. The van der Waals surface area contributed by atoms with Crippen LogP contribution in [-0.4, -0.2) is 26.9 Å². The lowest BCUT2D eigenvalue weighted by molar-refractivity contribution is 0.0120. The van der Waals surface area contributed by atoms with Gasteiger partial charge < -0.3 is 4.74 Å². The lowest BCUT2D eigenvalue weighted by Crippen LogP contribution is -2.29. The summed E-state index contributed by atoms with van der Waals surface area (Å²) in [5, 5.41) is 4.89. The molecule has 15 heavy (non-hydrogen) atoms. The van der Waals surface area contributed by atoms with Crippen molar-refractivity contribution in [3.63, 3.8) is 0 Å². The van der Waals surface area contributed by atoms with E-state index in [1.165, 1.54) is 0 Å². The predicted octanol–water partition coefficient (Wildman–Crippen LogP) is 1.26. The molecule has 0 radical (unpaired) electrons. The van der Waals surface area contributed by atoms with Gasteiger partial charge in [0.05, 0.1) is 18.5 Å². The van der Waals surface area contributed by atoms with Gasteiger partial charge in [0.1, 0.15) is 0 Å². The Balaban J connectivity index is 2.20. The maximum Gasteiger partial charge on any atom is 0.211 e. The first kappa shape index (κ1) is 12.9. The van der Waals surface area contributed by atoms with E-state index in [0.717, 1.165) is 25.7 Å². The Hall–Kier alpha value is -0.130. The summed E-state index contributed by atoms with van der Waals surface area (Å²) >= 11 is 0. The van der Waals surface area contributed by atoms with Crippen molar-refractivity contribution in [2.75, 3.05) is 12.4 Å². The minimum Gasteiger partial charge on any atom is -0.377 e. The number of hydrogen-bond donors (Lipinski definition) is 1. The molecule has 0 unspecified atom stereocenters. The molecular formula is C10H21NO3S. The predicted molar refractivity (Wildman–Crippen MR) is 60.0 cm³/mol. The van der Waals surface area contributed by atoms with Crippen LogP contribution in [0.1, 0.15) is 39.5 Å². The van der Waals surface area contributed by atoms with Crippen molar-refractivity contribution in [3.8, 4) is 0 Å². The van der Waals surface area contributed by atoms with Crippen LogP contribution in [0.15, 0.2) is 0 Å². The highest BCUT2D eigenvalue weighted by Gasteiger charge is 2.27. The molecule has 0 aliphatic heterocycles. The highest BCUT2D eigenvalue weighted by atomic mass is 32.2. The summed E-state index contributed by atoms with van der Waals surface area (Å²) in [5.41, 5.74) is 0.416. The normalized spacial score (nSPS) is 22.9. The minimum absolute atomic E-state index is 0.0765. The highest BCUT2D eigenvalue weighted by Crippen LogP contribution is 2.35. The summed E-state index contributed by atoms with van der Waals surface area (Å²) in [5.74, 6) is -0.0765. The van der Waals surface area contributed by atoms with Gasteiger partial charge in [0, 0.05) is 0 Å². The van der Waals surface area contributed by atoms with Crippen molar-refractivity contribution in [3.05, 3.63) is 0 Å². The quantitative estimate of drug-likeness (QED) is 0.797. The lowest BCUT2D eigenvalue weighted by atomic mass is 9.76. The Bertz CT molecular complexity index is 288. The summed E-state index contributed by atoms with van der Waals surface area (Å²) in [6.07, 6.45) is 4.56. The Morgan fingerprint density at radius 3 is 2.33 bits per heavy atom. The number of rotatable bonds is 4. The monoisotopic (exact) mass is 235 g/mol. The third-order valence-corrected chi connectivity index (χ3v) is 3.74. The number of sulfonamides is 1. The standard InChI is InChI=1S/C10H21NO3S/c1-10(2)5-3-9(4-6-10)14-7-8-15(11,12)13/h9H,3-8H2,1-2H3,(H2,11,12,13). The molecule has 1 aliphatic carbocycles. The van der Waals surface area contributed by atoms with Gasteiger partial charge in [-0.1, -0.05) is 13.8 Å². The van der Waals surface area contributed by atoms with Gasteiger partial charge in [-0.15, -0.1) is 0 Å². The van der Waals surface area contributed by atoms with Gasteiger partial charge in [0.25, 0.3) is 0 Å². The van der Waals surface area contributed by atoms with E-state index in [9.17, 15) is 8.42 Å². The van der Waals surface area contributed by atoms with Gasteiger partial charge in [-0.3, -0.25) is 0 Å². The zero-order valence-electron chi connectivity index (χ0n) is 9.53. The molecular weight excluding hydrogens is 214 g/mol. The van der Waals surface area contributed by atoms with Crippen LogP contribution in [0.5, 0.6) is 0 Å². The first-order chi connectivity index (χ1) is 6.79. The van der Waals surface area contributed by atoms with Crippen molar-refractivity contribution in [2.24, 2.45) is 10.6 Å². The highest BCUT2D eigenvalue weighted by molar-refractivity contribution is 7.89. The molecule has 0 amide bonds. The minimum atomic E-state index is -3.37. The third-order valence-electron chi connectivity index (χ3n) is 3.01. The van der Waals surface area contributed by atoms with Gasteiger partial charge in [0.2, 0.25) is 10.0 Å². The van der Waals surface area contributed by atoms with Crippen LogP contribution in [-0.2, 0) is 14.8 Å². The average Bonchev–Trinajstić information content (AvgIpc) is 2.06.